The largest absolute Gasteiger partial charge is 0.356 e. The van der Waals surface area contributed by atoms with E-state index in [9.17, 15) is 4.39 Å². The average Bonchev–Trinajstić information content (AvgIpc) is 2.70. The number of nitrogens with zero attached hydrogens (tertiary/aromatic N) is 1. The Kier molecular flexibility index (Phi) is 2.73. The number of aryl methyl sites for hydroxylation is 1. The molecule has 0 aliphatic heterocycles. The zero-order valence-corrected chi connectivity index (χ0v) is 8.88. The minimum absolute atomic E-state index is 0.253. The highest BCUT2D eigenvalue weighted by Gasteiger charge is 2.07. The van der Waals surface area contributed by atoms with Crippen molar-refractivity contribution in [3.05, 3.63) is 41.3 Å². The molecule has 1 aromatic carbocycles. The topological polar surface area (TPSA) is 26.0 Å². The molecule has 0 fully saturated rings. The first kappa shape index (κ1) is 10.2. The Hall–Kier alpha value is -1.35. The number of alkyl halides is 1. The minimum Gasteiger partial charge on any atom is -0.356 e. The van der Waals surface area contributed by atoms with E-state index >= 15 is 0 Å². The first-order valence-corrected chi connectivity index (χ1v) is 5.02. The van der Waals surface area contributed by atoms with Gasteiger partial charge in [-0.1, -0.05) is 17.3 Å². The molecular formula is C11H9ClFNO. The molecule has 0 saturated heterocycles. The van der Waals surface area contributed by atoms with E-state index in [1.54, 1.807) is 25.1 Å². The van der Waals surface area contributed by atoms with Crippen LogP contribution in [0.2, 0.25) is 0 Å². The van der Waals surface area contributed by atoms with Crippen LogP contribution in [0.15, 0.2) is 28.8 Å². The first-order valence-electron chi connectivity index (χ1n) is 4.49. The van der Waals surface area contributed by atoms with E-state index in [2.05, 4.69) is 5.16 Å². The molecule has 15 heavy (non-hydrogen) atoms. The second-order valence-electron chi connectivity index (χ2n) is 3.28. The van der Waals surface area contributed by atoms with Crippen molar-refractivity contribution in [2.75, 3.05) is 0 Å². The van der Waals surface area contributed by atoms with Crippen molar-refractivity contribution in [3.63, 3.8) is 0 Å². The molecule has 0 atom stereocenters. The summed E-state index contributed by atoms with van der Waals surface area (Å²) in [5.41, 5.74) is 1.92. The molecule has 0 aliphatic carbocycles. The van der Waals surface area contributed by atoms with Crippen LogP contribution < -0.4 is 0 Å². The highest BCUT2D eigenvalue weighted by molar-refractivity contribution is 6.16. The van der Waals surface area contributed by atoms with Crippen molar-refractivity contribution >= 4 is 11.6 Å². The Morgan fingerprint density at radius 1 is 1.40 bits per heavy atom. The summed E-state index contributed by atoms with van der Waals surface area (Å²) in [7, 11) is 0. The van der Waals surface area contributed by atoms with Crippen LogP contribution in [-0.2, 0) is 5.88 Å². The third kappa shape index (κ3) is 2.02. The molecule has 2 nitrogen and oxygen atoms in total. The van der Waals surface area contributed by atoms with E-state index in [4.69, 9.17) is 16.1 Å². The predicted molar refractivity (Wildman–Crippen MR) is 56.2 cm³/mol. The van der Waals surface area contributed by atoms with Gasteiger partial charge in [0, 0.05) is 11.6 Å². The molecule has 4 heteroatoms. The number of halogens is 2. The van der Waals surface area contributed by atoms with Crippen molar-refractivity contribution in [1.82, 2.24) is 5.16 Å². The van der Waals surface area contributed by atoms with E-state index in [1.807, 2.05) is 0 Å². The van der Waals surface area contributed by atoms with Gasteiger partial charge in [0.15, 0.2) is 5.76 Å². The van der Waals surface area contributed by atoms with Gasteiger partial charge in [0.25, 0.3) is 0 Å². The lowest BCUT2D eigenvalue weighted by atomic mass is 10.1. The second kappa shape index (κ2) is 4.03. The molecule has 0 bridgehead atoms. The van der Waals surface area contributed by atoms with E-state index in [0.29, 0.717) is 22.6 Å². The normalized spacial score (nSPS) is 10.6. The van der Waals surface area contributed by atoms with Gasteiger partial charge in [0.1, 0.15) is 5.82 Å². The lowest BCUT2D eigenvalue weighted by Crippen LogP contribution is -1.82. The smallest absolute Gasteiger partial charge is 0.167 e. The summed E-state index contributed by atoms with van der Waals surface area (Å²) in [5, 5.41) is 3.73. The van der Waals surface area contributed by atoms with E-state index in [-0.39, 0.29) is 11.7 Å². The number of aromatic nitrogens is 1. The van der Waals surface area contributed by atoms with Crippen LogP contribution in [0, 0.1) is 12.7 Å². The zero-order valence-electron chi connectivity index (χ0n) is 8.13. The summed E-state index contributed by atoms with van der Waals surface area (Å²) < 4.78 is 18.3. The van der Waals surface area contributed by atoms with Crippen LogP contribution in [0.1, 0.15) is 11.3 Å². The number of benzene rings is 1. The first-order chi connectivity index (χ1) is 7.20. The van der Waals surface area contributed by atoms with E-state index in [1.165, 1.54) is 6.07 Å². The maximum Gasteiger partial charge on any atom is 0.167 e. The van der Waals surface area contributed by atoms with Crippen LogP contribution in [-0.4, -0.2) is 5.16 Å². The SMILES string of the molecule is Cc1ccc(-c2cc(CCl)no2)cc1F. The Labute approximate surface area is 91.7 Å². The van der Waals surface area contributed by atoms with Gasteiger partial charge >= 0.3 is 0 Å². The van der Waals surface area contributed by atoms with Crippen molar-refractivity contribution in [2.45, 2.75) is 12.8 Å². The van der Waals surface area contributed by atoms with Gasteiger partial charge < -0.3 is 4.52 Å². The van der Waals surface area contributed by atoms with Crippen LogP contribution in [0.5, 0.6) is 0 Å². The van der Waals surface area contributed by atoms with Crippen molar-refractivity contribution in [2.24, 2.45) is 0 Å². The van der Waals surface area contributed by atoms with Gasteiger partial charge in [0.05, 0.1) is 11.6 Å². The molecule has 0 saturated carbocycles. The summed E-state index contributed by atoms with van der Waals surface area (Å²) in [6.07, 6.45) is 0. The van der Waals surface area contributed by atoms with Crippen LogP contribution in [0.25, 0.3) is 11.3 Å². The van der Waals surface area contributed by atoms with Crippen LogP contribution >= 0.6 is 11.6 Å². The quantitative estimate of drug-likeness (QED) is 0.731. The van der Waals surface area contributed by atoms with Gasteiger partial charge in [-0.3, -0.25) is 0 Å². The number of rotatable bonds is 2. The molecular weight excluding hydrogens is 217 g/mol. The van der Waals surface area contributed by atoms with Crippen molar-refractivity contribution in [3.8, 4) is 11.3 Å². The molecule has 2 aromatic rings. The summed E-state index contributed by atoms with van der Waals surface area (Å²) in [6.45, 7) is 1.71. The molecule has 0 unspecified atom stereocenters. The Bertz CT molecular complexity index is 481. The number of hydrogen-bond donors (Lipinski definition) is 0. The van der Waals surface area contributed by atoms with Gasteiger partial charge in [-0.2, -0.15) is 0 Å². The second-order valence-corrected chi connectivity index (χ2v) is 3.55. The van der Waals surface area contributed by atoms with Crippen molar-refractivity contribution in [1.29, 1.82) is 0 Å². The molecule has 0 N–H and O–H groups in total. The molecule has 0 amide bonds. The minimum atomic E-state index is -0.253. The maximum absolute atomic E-state index is 13.3. The Morgan fingerprint density at radius 2 is 2.20 bits per heavy atom. The monoisotopic (exact) mass is 225 g/mol. The van der Waals surface area contributed by atoms with Gasteiger partial charge in [-0.15, -0.1) is 11.6 Å². The summed E-state index contributed by atoms with van der Waals surface area (Å²) >= 11 is 5.59. The molecule has 1 aromatic heterocycles. The summed E-state index contributed by atoms with van der Waals surface area (Å²) in [5.74, 6) is 0.568. The molecule has 78 valence electrons. The Morgan fingerprint density at radius 3 is 2.80 bits per heavy atom. The Balaban J connectivity index is 2.40. The molecule has 2 rings (SSSR count). The third-order valence-electron chi connectivity index (χ3n) is 2.15. The van der Waals surface area contributed by atoms with Crippen LogP contribution in [0.4, 0.5) is 4.39 Å². The third-order valence-corrected chi connectivity index (χ3v) is 2.43. The fourth-order valence-electron chi connectivity index (χ4n) is 1.26. The van der Waals surface area contributed by atoms with Gasteiger partial charge in [-0.05, 0) is 18.6 Å². The van der Waals surface area contributed by atoms with Crippen molar-refractivity contribution < 1.29 is 8.91 Å². The molecule has 0 radical (unpaired) electrons. The number of hydrogen-bond acceptors (Lipinski definition) is 2. The molecule has 0 spiro atoms. The van der Waals surface area contributed by atoms with E-state index in [0.717, 1.165) is 0 Å². The lowest BCUT2D eigenvalue weighted by molar-refractivity contribution is 0.426. The fourth-order valence-corrected chi connectivity index (χ4v) is 1.38. The maximum atomic E-state index is 13.3. The highest BCUT2D eigenvalue weighted by Crippen LogP contribution is 2.22. The van der Waals surface area contributed by atoms with Gasteiger partial charge in [0.2, 0.25) is 0 Å². The fraction of sp³-hybridized carbons (Fsp3) is 0.182. The van der Waals surface area contributed by atoms with Crippen LogP contribution in [0.3, 0.4) is 0 Å². The molecule has 0 aliphatic rings. The van der Waals surface area contributed by atoms with Gasteiger partial charge in [-0.25, -0.2) is 4.39 Å². The van der Waals surface area contributed by atoms with E-state index < -0.39 is 0 Å². The standard InChI is InChI=1S/C11H9ClFNO/c1-7-2-3-8(4-10(7)13)11-5-9(6-12)14-15-11/h2-5H,6H2,1H3. The zero-order chi connectivity index (χ0) is 10.8. The summed E-state index contributed by atoms with van der Waals surface area (Å²) in [4.78, 5) is 0. The predicted octanol–water partition coefficient (Wildman–Crippen LogP) is 3.53. The lowest BCUT2D eigenvalue weighted by Gasteiger charge is -1.98. The molecule has 1 heterocycles. The average molecular weight is 226 g/mol. The highest BCUT2D eigenvalue weighted by atomic mass is 35.5. The summed E-state index contributed by atoms with van der Waals surface area (Å²) in [6, 6.07) is 6.62.